The third-order valence-corrected chi connectivity index (χ3v) is 6.60. The summed E-state index contributed by atoms with van der Waals surface area (Å²) in [7, 11) is 0. The molecule has 0 unspecified atom stereocenters. The van der Waals surface area contributed by atoms with E-state index in [9.17, 15) is 4.79 Å². The number of aromatic amines is 1. The first-order chi connectivity index (χ1) is 19.2. The number of carbonyl (C=O) groups is 1. The van der Waals surface area contributed by atoms with Crippen molar-refractivity contribution in [3.05, 3.63) is 48.0 Å². The van der Waals surface area contributed by atoms with Crippen molar-refractivity contribution in [2.75, 3.05) is 74.3 Å². The monoisotopic (exact) mass is 530 g/mol. The van der Waals surface area contributed by atoms with Crippen molar-refractivity contribution >= 4 is 40.5 Å². The van der Waals surface area contributed by atoms with E-state index in [4.69, 9.17) is 29.2 Å². The third-order valence-electron chi connectivity index (χ3n) is 6.60. The molecule has 0 saturated carbocycles. The fourth-order valence-electron chi connectivity index (χ4n) is 4.54. The SMILES string of the molecule is CCOC(=O)c1ccc2nc(Nc3ccc(-c4nc(N5CCOCC5)nc(N5CCOCC5)n4)cc3)[nH]c2c1. The molecule has 2 fully saturated rings. The molecule has 2 aromatic carbocycles. The Kier molecular flexibility index (Phi) is 7.19. The molecule has 6 rings (SSSR count). The summed E-state index contributed by atoms with van der Waals surface area (Å²) in [6.45, 7) is 7.70. The first-order valence-corrected chi connectivity index (χ1v) is 13.1. The molecule has 0 aliphatic carbocycles. The number of fused-ring (bicyclic) bond motifs is 1. The number of ether oxygens (including phenoxy) is 3. The van der Waals surface area contributed by atoms with E-state index in [1.54, 1.807) is 25.1 Å². The second-order valence-corrected chi connectivity index (χ2v) is 9.20. The molecule has 2 aliphatic rings. The van der Waals surface area contributed by atoms with Crippen molar-refractivity contribution in [3.8, 4) is 11.4 Å². The largest absolute Gasteiger partial charge is 0.462 e. The van der Waals surface area contributed by atoms with E-state index in [1.165, 1.54) is 0 Å². The Balaban J connectivity index is 1.23. The molecule has 0 amide bonds. The van der Waals surface area contributed by atoms with Crippen LogP contribution in [-0.4, -0.2) is 90.1 Å². The molecule has 2 N–H and O–H groups in total. The molecule has 4 heterocycles. The summed E-state index contributed by atoms with van der Waals surface area (Å²) < 4.78 is 16.1. The molecule has 2 aliphatic heterocycles. The number of anilines is 4. The average molecular weight is 531 g/mol. The van der Waals surface area contributed by atoms with Gasteiger partial charge in [0.05, 0.1) is 49.6 Å². The van der Waals surface area contributed by atoms with Crippen LogP contribution in [-0.2, 0) is 14.2 Å². The molecule has 0 bridgehead atoms. The minimum absolute atomic E-state index is 0.330. The van der Waals surface area contributed by atoms with Gasteiger partial charge in [0.25, 0.3) is 0 Å². The Labute approximate surface area is 225 Å². The van der Waals surface area contributed by atoms with Crippen molar-refractivity contribution in [3.63, 3.8) is 0 Å². The van der Waals surface area contributed by atoms with Gasteiger partial charge in [0.2, 0.25) is 17.8 Å². The lowest BCUT2D eigenvalue weighted by Crippen LogP contribution is -2.40. The molecule has 2 saturated heterocycles. The van der Waals surface area contributed by atoms with Gasteiger partial charge in [0.1, 0.15) is 0 Å². The van der Waals surface area contributed by atoms with Gasteiger partial charge in [-0.2, -0.15) is 15.0 Å². The predicted molar refractivity (Wildman–Crippen MR) is 147 cm³/mol. The van der Waals surface area contributed by atoms with E-state index in [-0.39, 0.29) is 5.97 Å². The topological polar surface area (TPSA) is 131 Å². The number of benzene rings is 2. The summed E-state index contributed by atoms with van der Waals surface area (Å²) in [5.41, 5.74) is 3.71. The number of aromatic nitrogens is 5. The number of H-pyrrole nitrogens is 1. The maximum Gasteiger partial charge on any atom is 0.338 e. The highest BCUT2D eigenvalue weighted by Crippen LogP contribution is 2.25. The van der Waals surface area contributed by atoms with Crippen LogP contribution in [0.5, 0.6) is 0 Å². The summed E-state index contributed by atoms with van der Waals surface area (Å²) in [4.78, 5) is 38.6. The Hall–Kier alpha value is -4.29. The summed E-state index contributed by atoms with van der Waals surface area (Å²) in [6.07, 6.45) is 0. The molecule has 4 aromatic rings. The molecule has 202 valence electrons. The first kappa shape index (κ1) is 25.0. The number of rotatable bonds is 7. The van der Waals surface area contributed by atoms with E-state index in [2.05, 4.69) is 25.1 Å². The Bertz CT molecular complexity index is 1410. The number of hydrogen-bond acceptors (Lipinski definition) is 11. The van der Waals surface area contributed by atoms with Gasteiger partial charge in [-0.05, 0) is 49.4 Å². The van der Waals surface area contributed by atoms with Gasteiger partial charge in [-0.15, -0.1) is 0 Å². The molecule has 12 heteroatoms. The van der Waals surface area contributed by atoms with Crippen LogP contribution >= 0.6 is 0 Å². The number of imidazole rings is 1. The standard InChI is InChI=1S/C27H30N8O4/c1-2-39-24(36)19-5-8-21-22(17-19)30-25(29-21)28-20-6-3-18(4-7-20)23-31-26(34-9-13-37-14-10-34)33-27(32-23)35-11-15-38-16-12-35/h3-8,17H,2,9-16H2,1H3,(H2,28,29,30). The number of hydrogen-bond donors (Lipinski definition) is 2. The quantitative estimate of drug-likeness (QED) is 0.342. The smallest absolute Gasteiger partial charge is 0.338 e. The molecule has 0 radical (unpaired) electrons. The molecule has 0 spiro atoms. The zero-order chi connectivity index (χ0) is 26.6. The van der Waals surface area contributed by atoms with Crippen LogP contribution < -0.4 is 15.1 Å². The molecular formula is C27H30N8O4. The summed E-state index contributed by atoms with van der Waals surface area (Å²) in [6, 6.07) is 13.1. The minimum atomic E-state index is -0.356. The number of morpholine rings is 2. The second kappa shape index (κ2) is 11.2. The fourth-order valence-corrected chi connectivity index (χ4v) is 4.54. The van der Waals surface area contributed by atoms with Gasteiger partial charge in [-0.1, -0.05) is 0 Å². The van der Waals surface area contributed by atoms with Crippen LogP contribution in [0, 0.1) is 0 Å². The Morgan fingerprint density at radius 3 is 2.15 bits per heavy atom. The van der Waals surface area contributed by atoms with Gasteiger partial charge in [-0.25, -0.2) is 9.78 Å². The lowest BCUT2D eigenvalue weighted by molar-refractivity contribution is 0.0526. The first-order valence-electron chi connectivity index (χ1n) is 13.1. The maximum absolute atomic E-state index is 12.1. The third kappa shape index (κ3) is 5.61. The maximum atomic E-state index is 12.1. The number of carbonyl (C=O) groups excluding carboxylic acids is 1. The molecule has 2 aromatic heterocycles. The highest BCUT2D eigenvalue weighted by molar-refractivity contribution is 5.94. The van der Waals surface area contributed by atoms with Crippen LogP contribution in [0.3, 0.4) is 0 Å². The highest BCUT2D eigenvalue weighted by Gasteiger charge is 2.21. The lowest BCUT2D eigenvalue weighted by Gasteiger charge is -2.30. The molecule has 0 atom stereocenters. The lowest BCUT2D eigenvalue weighted by atomic mass is 10.2. The van der Waals surface area contributed by atoms with Crippen molar-refractivity contribution < 1.29 is 19.0 Å². The Morgan fingerprint density at radius 2 is 1.54 bits per heavy atom. The van der Waals surface area contributed by atoms with Crippen LogP contribution in [0.2, 0.25) is 0 Å². The van der Waals surface area contributed by atoms with E-state index in [0.29, 0.717) is 62.3 Å². The van der Waals surface area contributed by atoms with Gasteiger partial charge in [0, 0.05) is 37.4 Å². The van der Waals surface area contributed by atoms with Crippen molar-refractivity contribution in [1.82, 2.24) is 24.9 Å². The average Bonchev–Trinajstić information content (AvgIpc) is 3.40. The van der Waals surface area contributed by atoms with E-state index < -0.39 is 0 Å². The van der Waals surface area contributed by atoms with Gasteiger partial charge in [-0.3, -0.25) is 0 Å². The second-order valence-electron chi connectivity index (χ2n) is 9.20. The summed E-state index contributed by atoms with van der Waals surface area (Å²) in [5.74, 6) is 2.16. The summed E-state index contributed by atoms with van der Waals surface area (Å²) in [5, 5.41) is 3.29. The fraction of sp³-hybridized carbons (Fsp3) is 0.370. The number of esters is 1. The van der Waals surface area contributed by atoms with Crippen molar-refractivity contribution in [2.45, 2.75) is 6.92 Å². The van der Waals surface area contributed by atoms with Crippen LogP contribution in [0.25, 0.3) is 22.4 Å². The van der Waals surface area contributed by atoms with Crippen LogP contribution in [0.1, 0.15) is 17.3 Å². The molecular weight excluding hydrogens is 500 g/mol. The number of nitrogens with zero attached hydrogens (tertiary/aromatic N) is 6. The number of nitrogens with one attached hydrogen (secondary N) is 2. The zero-order valence-corrected chi connectivity index (χ0v) is 21.7. The summed E-state index contributed by atoms with van der Waals surface area (Å²) >= 11 is 0. The normalized spacial score (nSPS) is 15.9. The minimum Gasteiger partial charge on any atom is -0.462 e. The zero-order valence-electron chi connectivity index (χ0n) is 21.7. The van der Waals surface area contributed by atoms with Gasteiger partial charge < -0.3 is 34.3 Å². The van der Waals surface area contributed by atoms with E-state index in [1.807, 2.05) is 24.3 Å². The molecule has 39 heavy (non-hydrogen) atoms. The highest BCUT2D eigenvalue weighted by atomic mass is 16.5. The van der Waals surface area contributed by atoms with E-state index in [0.717, 1.165) is 48.5 Å². The Morgan fingerprint density at radius 1 is 0.897 bits per heavy atom. The van der Waals surface area contributed by atoms with Crippen LogP contribution in [0.4, 0.5) is 23.5 Å². The predicted octanol–water partition coefficient (Wildman–Crippen LogP) is 3.01. The van der Waals surface area contributed by atoms with E-state index >= 15 is 0 Å². The van der Waals surface area contributed by atoms with Crippen LogP contribution in [0.15, 0.2) is 42.5 Å². The molecule has 12 nitrogen and oxygen atoms in total. The van der Waals surface area contributed by atoms with Gasteiger partial charge in [0.15, 0.2) is 5.82 Å². The van der Waals surface area contributed by atoms with Crippen molar-refractivity contribution in [1.29, 1.82) is 0 Å². The van der Waals surface area contributed by atoms with Crippen molar-refractivity contribution in [2.24, 2.45) is 0 Å². The van der Waals surface area contributed by atoms with Gasteiger partial charge >= 0.3 is 5.97 Å².